The molecule has 1 aromatic heterocycles. The zero-order valence-corrected chi connectivity index (χ0v) is 11.8. The fraction of sp³-hybridized carbons (Fsp3) is 0.471. The first-order chi connectivity index (χ1) is 9.85. The molecule has 0 atom stereocenters. The Morgan fingerprint density at radius 3 is 2.65 bits per heavy atom. The highest BCUT2D eigenvalue weighted by Gasteiger charge is 2.34. The molecule has 0 saturated heterocycles. The van der Waals surface area contributed by atoms with Crippen molar-refractivity contribution in [2.75, 3.05) is 11.4 Å². The highest BCUT2D eigenvalue weighted by molar-refractivity contribution is 5.92. The number of pyridine rings is 1. The van der Waals surface area contributed by atoms with Gasteiger partial charge in [-0.3, -0.25) is 4.98 Å². The lowest BCUT2D eigenvalue weighted by atomic mass is 10.1. The smallest absolute Gasteiger partial charge is 0.0726 e. The van der Waals surface area contributed by atoms with Gasteiger partial charge in [-0.2, -0.15) is 0 Å². The van der Waals surface area contributed by atoms with Gasteiger partial charge in [0.2, 0.25) is 0 Å². The first-order valence-corrected chi connectivity index (χ1v) is 7.70. The van der Waals surface area contributed by atoms with E-state index in [9.17, 15) is 0 Å². The molecular formula is C17H21N3. The first-order valence-electron chi connectivity index (χ1n) is 7.70. The van der Waals surface area contributed by atoms with Crippen molar-refractivity contribution < 1.29 is 0 Å². The second-order valence-electron chi connectivity index (χ2n) is 6.18. The van der Waals surface area contributed by atoms with Gasteiger partial charge in [-0.25, -0.2) is 0 Å². The molecule has 0 amide bonds. The molecule has 104 valence electrons. The van der Waals surface area contributed by atoms with Gasteiger partial charge in [0.05, 0.1) is 11.2 Å². The second kappa shape index (κ2) is 4.74. The van der Waals surface area contributed by atoms with Gasteiger partial charge in [-0.05, 0) is 43.7 Å². The summed E-state index contributed by atoms with van der Waals surface area (Å²) in [5.41, 5.74) is 9.26. The van der Waals surface area contributed by atoms with E-state index >= 15 is 0 Å². The lowest BCUT2D eigenvalue weighted by Crippen LogP contribution is -2.28. The summed E-state index contributed by atoms with van der Waals surface area (Å²) in [6.07, 6.45) is 5.47. The van der Waals surface area contributed by atoms with E-state index in [-0.39, 0.29) is 0 Å². The number of rotatable bonds is 5. The Kier molecular flexibility index (Phi) is 2.88. The van der Waals surface area contributed by atoms with Gasteiger partial charge in [0, 0.05) is 30.2 Å². The van der Waals surface area contributed by atoms with Crippen LogP contribution in [0.3, 0.4) is 0 Å². The Balaban J connectivity index is 1.82. The van der Waals surface area contributed by atoms with Gasteiger partial charge < -0.3 is 10.6 Å². The van der Waals surface area contributed by atoms with Crippen molar-refractivity contribution in [3.05, 3.63) is 36.0 Å². The van der Waals surface area contributed by atoms with E-state index in [0.29, 0.717) is 6.54 Å². The van der Waals surface area contributed by atoms with E-state index in [1.807, 2.05) is 0 Å². The van der Waals surface area contributed by atoms with Crippen LogP contribution in [-0.4, -0.2) is 17.6 Å². The van der Waals surface area contributed by atoms with Crippen molar-refractivity contribution >= 4 is 16.6 Å². The Labute approximate surface area is 119 Å². The zero-order valence-electron chi connectivity index (χ0n) is 11.8. The molecule has 0 radical (unpaired) electrons. The zero-order chi connectivity index (χ0) is 13.5. The molecule has 3 nitrogen and oxygen atoms in total. The lowest BCUT2D eigenvalue weighted by Gasteiger charge is -2.26. The summed E-state index contributed by atoms with van der Waals surface area (Å²) < 4.78 is 0. The molecule has 2 aliphatic carbocycles. The van der Waals surface area contributed by atoms with Gasteiger partial charge in [-0.15, -0.1) is 0 Å². The summed E-state index contributed by atoms with van der Waals surface area (Å²) in [6, 6.07) is 11.4. The van der Waals surface area contributed by atoms with E-state index in [4.69, 9.17) is 5.73 Å². The summed E-state index contributed by atoms with van der Waals surface area (Å²) >= 11 is 0. The molecule has 0 unspecified atom stereocenters. The summed E-state index contributed by atoms with van der Waals surface area (Å²) in [4.78, 5) is 7.29. The number of nitrogens with two attached hydrogens (primary N) is 1. The monoisotopic (exact) mass is 267 g/mol. The highest BCUT2D eigenvalue weighted by atomic mass is 15.2. The largest absolute Gasteiger partial charge is 0.368 e. The van der Waals surface area contributed by atoms with Gasteiger partial charge in [0.15, 0.2) is 0 Å². The fourth-order valence-electron chi connectivity index (χ4n) is 2.96. The van der Waals surface area contributed by atoms with E-state index in [1.165, 1.54) is 43.3 Å². The van der Waals surface area contributed by atoms with Crippen LogP contribution in [0.2, 0.25) is 0 Å². The van der Waals surface area contributed by atoms with Crippen LogP contribution in [0, 0.1) is 5.92 Å². The SMILES string of the molecule is NCc1cc(N(CC2CC2)C2CC2)c2ccccc2n1. The van der Waals surface area contributed by atoms with Crippen molar-refractivity contribution in [3.63, 3.8) is 0 Å². The Morgan fingerprint density at radius 1 is 1.15 bits per heavy atom. The number of nitrogens with zero attached hydrogens (tertiary/aromatic N) is 2. The minimum absolute atomic E-state index is 0.514. The van der Waals surface area contributed by atoms with Gasteiger partial charge in [0.1, 0.15) is 0 Å². The third kappa shape index (κ3) is 2.27. The quantitative estimate of drug-likeness (QED) is 0.905. The average molecular weight is 267 g/mol. The molecule has 3 heteroatoms. The summed E-state index contributed by atoms with van der Waals surface area (Å²) in [6.45, 7) is 1.72. The predicted molar refractivity (Wildman–Crippen MR) is 82.7 cm³/mol. The third-order valence-electron chi connectivity index (χ3n) is 4.41. The van der Waals surface area contributed by atoms with Crippen molar-refractivity contribution in [2.45, 2.75) is 38.3 Å². The van der Waals surface area contributed by atoms with Crippen LogP contribution in [-0.2, 0) is 6.54 Å². The molecular weight excluding hydrogens is 246 g/mol. The second-order valence-corrected chi connectivity index (χ2v) is 6.18. The predicted octanol–water partition coefficient (Wildman–Crippen LogP) is 3.07. The Hall–Kier alpha value is -1.61. The topological polar surface area (TPSA) is 42.1 Å². The number of aromatic nitrogens is 1. The Morgan fingerprint density at radius 2 is 1.95 bits per heavy atom. The summed E-state index contributed by atoms with van der Waals surface area (Å²) in [5.74, 6) is 0.906. The van der Waals surface area contributed by atoms with Crippen LogP contribution < -0.4 is 10.6 Å². The standard InChI is InChI=1S/C17H21N3/c18-10-13-9-17(15-3-1-2-4-16(15)19-13)20(14-7-8-14)11-12-5-6-12/h1-4,9,12,14H,5-8,10-11,18H2. The van der Waals surface area contributed by atoms with Crippen LogP contribution in [0.25, 0.3) is 10.9 Å². The van der Waals surface area contributed by atoms with Crippen LogP contribution >= 0.6 is 0 Å². The number of hydrogen-bond donors (Lipinski definition) is 1. The number of fused-ring (bicyclic) bond motifs is 1. The maximum Gasteiger partial charge on any atom is 0.0726 e. The lowest BCUT2D eigenvalue weighted by molar-refractivity contribution is 0.720. The minimum atomic E-state index is 0.514. The van der Waals surface area contributed by atoms with Gasteiger partial charge in [-0.1, -0.05) is 18.2 Å². The van der Waals surface area contributed by atoms with Crippen LogP contribution in [0.15, 0.2) is 30.3 Å². The molecule has 2 aromatic rings. The maximum atomic E-state index is 5.83. The maximum absolute atomic E-state index is 5.83. The molecule has 2 saturated carbocycles. The van der Waals surface area contributed by atoms with Crippen molar-refractivity contribution in [1.29, 1.82) is 0 Å². The molecule has 0 spiro atoms. The molecule has 2 N–H and O–H groups in total. The molecule has 2 fully saturated rings. The number of anilines is 1. The van der Waals surface area contributed by atoms with Crippen molar-refractivity contribution in [2.24, 2.45) is 11.7 Å². The molecule has 20 heavy (non-hydrogen) atoms. The molecule has 2 aliphatic rings. The first kappa shape index (κ1) is 12.2. The number of para-hydroxylation sites is 1. The molecule has 1 heterocycles. The highest BCUT2D eigenvalue weighted by Crippen LogP contribution is 2.40. The molecule has 1 aromatic carbocycles. The van der Waals surface area contributed by atoms with Gasteiger partial charge >= 0.3 is 0 Å². The van der Waals surface area contributed by atoms with E-state index in [0.717, 1.165) is 23.2 Å². The normalized spacial score (nSPS) is 18.4. The van der Waals surface area contributed by atoms with E-state index < -0.39 is 0 Å². The van der Waals surface area contributed by atoms with Crippen LogP contribution in [0.1, 0.15) is 31.4 Å². The number of hydrogen-bond acceptors (Lipinski definition) is 3. The van der Waals surface area contributed by atoms with Gasteiger partial charge in [0.25, 0.3) is 0 Å². The van der Waals surface area contributed by atoms with E-state index in [1.54, 1.807) is 0 Å². The molecule has 0 aliphatic heterocycles. The number of benzene rings is 1. The molecule has 4 rings (SSSR count). The van der Waals surface area contributed by atoms with Crippen molar-refractivity contribution in [3.8, 4) is 0 Å². The fourth-order valence-corrected chi connectivity index (χ4v) is 2.96. The Bertz CT molecular complexity index is 629. The average Bonchev–Trinajstić information content (AvgIpc) is 3.37. The van der Waals surface area contributed by atoms with Crippen LogP contribution in [0.4, 0.5) is 5.69 Å². The van der Waals surface area contributed by atoms with Crippen molar-refractivity contribution in [1.82, 2.24) is 4.98 Å². The summed E-state index contributed by atoms with van der Waals surface area (Å²) in [7, 11) is 0. The van der Waals surface area contributed by atoms with E-state index in [2.05, 4.69) is 40.2 Å². The third-order valence-corrected chi connectivity index (χ3v) is 4.41. The van der Waals surface area contributed by atoms with Crippen LogP contribution in [0.5, 0.6) is 0 Å². The molecule has 0 bridgehead atoms. The summed E-state index contributed by atoms with van der Waals surface area (Å²) in [5, 5.41) is 1.28. The minimum Gasteiger partial charge on any atom is -0.368 e.